The SMILES string of the molecule is Cl.Cl.[CH]12[CH]3[CH]4[CH]5[CH]1[Cr]23451678[CH]2[CH]1[CH]6[CH]7[CH]28. The van der Waals surface area contributed by atoms with E-state index in [1.807, 2.05) is 0 Å². The van der Waals surface area contributed by atoms with Gasteiger partial charge in [0.05, 0.1) is 0 Å². The molecule has 10 heterocycles. The van der Waals surface area contributed by atoms with Crippen LogP contribution in [0.1, 0.15) is 0 Å². The van der Waals surface area contributed by atoms with E-state index in [1.54, 1.807) is 47.8 Å². The van der Waals surface area contributed by atoms with Crippen molar-refractivity contribution >= 4 is 24.8 Å². The summed E-state index contributed by atoms with van der Waals surface area (Å²) >= 11 is 0. The van der Waals surface area contributed by atoms with Gasteiger partial charge < -0.3 is 0 Å². The van der Waals surface area contributed by atoms with Crippen molar-refractivity contribution in [3.05, 3.63) is 0 Å². The van der Waals surface area contributed by atoms with E-state index in [0.717, 1.165) is 0 Å². The van der Waals surface area contributed by atoms with Crippen LogP contribution in [0.5, 0.6) is 0 Å². The quantitative estimate of drug-likeness (QED) is 0.608. The van der Waals surface area contributed by atoms with E-state index in [9.17, 15) is 0 Å². The first-order valence-electron chi connectivity index (χ1n) is 5.69. The summed E-state index contributed by atoms with van der Waals surface area (Å²) in [6.07, 6.45) is 0. The zero-order valence-corrected chi connectivity index (χ0v) is 9.91. The normalized spacial score (nSPS) is 145. The third-order valence-electron chi connectivity index (χ3n) is 16.6. The second kappa shape index (κ2) is 0.332. The van der Waals surface area contributed by atoms with Crippen LogP contribution >= 0.6 is 24.8 Å². The number of hydrogen-bond donors (Lipinski definition) is 0. The Balaban J connectivity index is 0.000000222. The standard InChI is InChI=1S/2C5H5.2ClH.Cr/c2*1-2-4-5-3-1;;;/h2*1-5H;2*1H;. The van der Waals surface area contributed by atoms with Crippen LogP contribution < -0.4 is 0 Å². The van der Waals surface area contributed by atoms with E-state index in [4.69, 9.17) is 0 Å². The average molecular weight is 255 g/mol. The first kappa shape index (κ1) is 5.44. The molecule has 13 heavy (non-hydrogen) atoms. The fourth-order valence-electron chi connectivity index (χ4n) is 18.5. The third-order valence-corrected chi connectivity index (χ3v) is 65.0. The number of hydrogen-bond acceptors (Lipinski definition) is 0. The summed E-state index contributed by atoms with van der Waals surface area (Å²) in [5.74, 6) is 0. The number of fused-ring (bicyclic) bond motifs is 10. The summed E-state index contributed by atoms with van der Waals surface area (Å²) in [5.41, 5.74) is 0. The maximum atomic E-state index is 1.60. The molecular formula is C10H12Cl2Cr. The van der Waals surface area contributed by atoms with Gasteiger partial charge in [0.25, 0.3) is 0 Å². The molecule has 72 valence electrons. The molecule has 0 atom stereocenters. The molecule has 0 N–H and O–H groups in total. The first-order chi connectivity index (χ1) is 5.16. The van der Waals surface area contributed by atoms with Crippen molar-refractivity contribution < 1.29 is 6.65 Å². The van der Waals surface area contributed by atoms with Gasteiger partial charge >= 0.3 is 54.5 Å². The van der Waals surface area contributed by atoms with Crippen molar-refractivity contribution in [1.82, 2.24) is 0 Å². The molecule has 0 aromatic carbocycles. The van der Waals surface area contributed by atoms with Crippen LogP contribution in [0.4, 0.5) is 0 Å². The van der Waals surface area contributed by atoms with Crippen LogP contribution in [0.25, 0.3) is 0 Å². The molecule has 0 aromatic heterocycles. The van der Waals surface area contributed by atoms with E-state index in [-0.39, 0.29) is 24.8 Å². The van der Waals surface area contributed by atoms with Gasteiger partial charge in [0.2, 0.25) is 0 Å². The van der Waals surface area contributed by atoms with Crippen molar-refractivity contribution in [3.63, 3.8) is 0 Å². The van der Waals surface area contributed by atoms with Crippen molar-refractivity contribution in [1.29, 1.82) is 0 Å². The van der Waals surface area contributed by atoms with Gasteiger partial charge in [0, 0.05) is 0 Å². The molecule has 10 aliphatic heterocycles. The second-order valence-electron chi connectivity index (χ2n) is 10.8. The molecule has 0 amide bonds. The fraction of sp³-hybridized carbons (Fsp3) is 1.00. The molecule has 10 aliphatic rings. The van der Waals surface area contributed by atoms with Gasteiger partial charge in [-0.1, -0.05) is 0 Å². The average Bonchev–Trinajstić information content (AvgIpc) is 3.01. The predicted octanol–water partition coefficient (Wildman–Crippen LogP) is 4.22. The molecule has 3 heteroatoms. The summed E-state index contributed by atoms with van der Waals surface area (Å²) in [7, 11) is 0. The Bertz CT molecular complexity index is 580. The van der Waals surface area contributed by atoms with E-state index >= 15 is 0 Å². The van der Waals surface area contributed by atoms with Crippen molar-refractivity contribution in [3.8, 4) is 0 Å². The first-order valence-corrected chi connectivity index (χ1v) is 13.1. The fourth-order valence-corrected chi connectivity index (χ4v) is 107. The Morgan fingerprint density at radius 2 is 0.538 bits per heavy atom. The Kier molecular flexibility index (Phi) is 0.139. The van der Waals surface area contributed by atoms with Crippen LogP contribution in [-0.4, -0.2) is 0 Å². The number of halogens is 2. The van der Waals surface area contributed by atoms with Gasteiger partial charge in [-0.3, -0.25) is 0 Å². The van der Waals surface area contributed by atoms with Crippen molar-refractivity contribution in [2.75, 3.05) is 0 Å². The predicted molar refractivity (Wildman–Crippen MR) is 52.0 cm³/mol. The van der Waals surface area contributed by atoms with E-state index in [0.29, 0.717) is 0 Å². The summed E-state index contributed by atoms with van der Waals surface area (Å²) in [6, 6.07) is 0. The van der Waals surface area contributed by atoms with Gasteiger partial charge in [0.15, 0.2) is 0 Å². The molecule has 0 nitrogen and oxygen atoms in total. The molecule has 0 bridgehead atoms. The molecular weight excluding hydrogens is 243 g/mol. The minimum atomic E-state index is -2.46. The van der Waals surface area contributed by atoms with Gasteiger partial charge in [-0.2, -0.15) is 0 Å². The molecule has 0 saturated carbocycles. The molecule has 0 aliphatic carbocycles. The third kappa shape index (κ3) is 0.0400. The molecule has 10 fully saturated rings. The topological polar surface area (TPSA) is 0 Å². The summed E-state index contributed by atoms with van der Waals surface area (Å²) in [4.78, 5) is 0. The van der Waals surface area contributed by atoms with Gasteiger partial charge in [-0.15, -0.1) is 24.8 Å². The van der Waals surface area contributed by atoms with Crippen molar-refractivity contribution in [2.45, 2.75) is 47.8 Å². The second-order valence-corrected chi connectivity index (χ2v) is 38.4. The van der Waals surface area contributed by atoms with E-state index in [1.165, 1.54) is 0 Å². The van der Waals surface area contributed by atoms with Crippen LogP contribution in [0.2, 0.25) is 47.8 Å². The summed E-state index contributed by atoms with van der Waals surface area (Å²) < 4.78 is 16.0. The van der Waals surface area contributed by atoms with Gasteiger partial charge in [0.1, 0.15) is 0 Å². The Hall–Kier alpha value is 1.11. The van der Waals surface area contributed by atoms with E-state index < -0.39 is 6.65 Å². The Labute approximate surface area is 79.1 Å². The number of rotatable bonds is 0. The summed E-state index contributed by atoms with van der Waals surface area (Å²) in [5, 5.41) is 0. The summed E-state index contributed by atoms with van der Waals surface area (Å²) in [6.45, 7) is -2.46. The van der Waals surface area contributed by atoms with Gasteiger partial charge in [-0.25, -0.2) is 0 Å². The Morgan fingerprint density at radius 1 is 0.385 bits per heavy atom. The molecule has 0 radical (unpaired) electrons. The monoisotopic (exact) mass is 254 g/mol. The van der Waals surface area contributed by atoms with Crippen molar-refractivity contribution in [2.24, 2.45) is 0 Å². The van der Waals surface area contributed by atoms with Crippen LogP contribution in [0.15, 0.2) is 0 Å². The van der Waals surface area contributed by atoms with Crippen LogP contribution in [-0.2, 0) is 6.65 Å². The van der Waals surface area contributed by atoms with Crippen LogP contribution in [0.3, 0.4) is 0 Å². The van der Waals surface area contributed by atoms with Crippen LogP contribution in [0, 0.1) is 0 Å². The van der Waals surface area contributed by atoms with E-state index in [2.05, 4.69) is 0 Å². The maximum absolute atomic E-state index is 2.46. The molecule has 10 saturated heterocycles. The molecule has 0 aromatic rings. The Morgan fingerprint density at radius 3 is 0.538 bits per heavy atom. The zero-order chi connectivity index (χ0) is 6.09. The molecule has 1 spiro atoms. The minimum absolute atomic E-state index is 0. The molecule has 0 unspecified atom stereocenters. The van der Waals surface area contributed by atoms with Gasteiger partial charge in [-0.05, 0) is 0 Å². The zero-order valence-electron chi connectivity index (χ0n) is 7.00. The molecule has 10 rings (SSSR count).